The van der Waals surface area contributed by atoms with Crippen LogP contribution in [0.2, 0.25) is 0 Å². The van der Waals surface area contributed by atoms with Crippen LogP contribution in [-0.4, -0.2) is 18.4 Å². The smallest absolute Gasteiger partial charge is 0.311 e. The summed E-state index contributed by atoms with van der Waals surface area (Å²) in [6.07, 6.45) is 4.70. The van der Waals surface area contributed by atoms with Crippen LogP contribution in [0.25, 0.3) is 0 Å². The lowest BCUT2D eigenvalue weighted by Gasteiger charge is -2.40. The van der Waals surface area contributed by atoms with Crippen LogP contribution in [0.4, 0.5) is 0 Å². The van der Waals surface area contributed by atoms with E-state index in [2.05, 4.69) is 0 Å². The monoisotopic (exact) mass is 318 g/mol. The number of hydrogen-bond donors (Lipinski definition) is 0. The summed E-state index contributed by atoms with van der Waals surface area (Å²) in [4.78, 5) is 11.9. The average Bonchev–Trinajstić information content (AvgIpc) is 2.93. The van der Waals surface area contributed by atoms with Crippen molar-refractivity contribution in [2.24, 2.45) is 5.41 Å². The van der Waals surface area contributed by atoms with Crippen molar-refractivity contribution in [1.82, 2.24) is 0 Å². The van der Waals surface area contributed by atoms with Crippen molar-refractivity contribution in [3.63, 3.8) is 0 Å². The van der Waals surface area contributed by atoms with Gasteiger partial charge in [0.2, 0.25) is 5.79 Å². The Hall–Kier alpha value is -1.55. The summed E-state index contributed by atoms with van der Waals surface area (Å²) < 4.78 is 17.9. The van der Waals surface area contributed by atoms with E-state index >= 15 is 0 Å². The van der Waals surface area contributed by atoms with E-state index in [0.29, 0.717) is 13.0 Å². The van der Waals surface area contributed by atoms with Gasteiger partial charge >= 0.3 is 5.97 Å². The first-order valence-corrected chi connectivity index (χ1v) is 8.53. The van der Waals surface area contributed by atoms with Crippen LogP contribution >= 0.6 is 0 Å². The van der Waals surface area contributed by atoms with E-state index in [0.717, 1.165) is 37.0 Å². The normalized spacial score (nSPS) is 22.5. The van der Waals surface area contributed by atoms with Crippen molar-refractivity contribution in [2.45, 2.75) is 64.8 Å². The fraction of sp³-hybridized carbons (Fsp3) is 0.632. The van der Waals surface area contributed by atoms with Crippen LogP contribution in [0, 0.1) is 5.41 Å². The van der Waals surface area contributed by atoms with Gasteiger partial charge in [0.25, 0.3) is 0 Å². The largest absolute Gasteiger partial charge is 0.465 e. The topological polar surface area (TPSA) is 44.8 Å². The van der Waals surface area contributed by atoms with E-state index in [-0.39, 0.29) is 12.1 Å². The molecule has 0 saturated heterocycles. The highest BCUT2D eigenvalue weighted by molar-refractivity contribution is 5.75. The molecule has 1 aromatic rings. The summed E-state index contributed by atoms with van der Waals surface area (Å²) in [5.74, 6) is 0.258. The predicted octanol–water partition coefficient (Wildman–Crippen LogP) is 4.39. The molecule has 1 aliphatic heterocycles. The maximum atomic E-state index is 11.9. The van der Waals surface area contributed by atoms with Gasteiger partial charge in [0.1, 0.15) is 5.75 Å². The Bertz CT molecular complexity index is 567. The first kappa shape index (κ1) is 16.3. The first-order valence-electron chi connectivity index (χ1n) is 8.53. The van der Waals surface area contributed by atoms with Crippen LogP contribution < -0.4 is 4.74 Å². The molecule has 1 spiro atoms. The molecule has 1 fully saturated rings. The third-order valence-electron chi connectivity index (χ3n) is 4.51. The van der Waals surface area contributed by atoms with Crippen LogP contribution in [0.15, 0.2) is 24.3 Å². The van der Waals surface area contributed by atoms with Gasteiger partial charge in [-0.1, -0.05) is 18.2 Å². The Morgan fingerprint density at radius 1 is 1.26 bits per heavy atom. The Morgan fingerprint density at radius 3 is 2.65 bits per heavy atom. The van der Waals surface area contributed by atoms with Crippen molar-refractivity contribution in [1.29, 1.82) is 0 Å². The average molecular weight is 318 g/mol. The zero-order valence-electron chi connectivity index (χ0n) is 14.3. The molecule has 2 aliphatic rings. The van der Waals surface area contributed by atoms with E-state index in [9.17, 15) is 4.79 Å². The predicted molar refractivity (Wildman–Crippen MR) is 87.1 cm³/mol. The molecule has 0 radical (unpaired) electrons. The van der Waals surface area contributed by atoms with Gasteiger partial charge in [-0.2, -0.15) is 0 Å². The zero-order valence-corrected chi connectivity index (χ0v) is 14.3. The van der Waals surface area contributed by atoms with E-state index in [1.54, 1.807) is 0 Å². The standard InChI is InChI=1S/C19H26O4/c1-18(2,3)17(20)21-13-10-16-14-8-4-5-9-15(14)22-19(23-16)11-6-7-12-19/h4-5,8-9,16H,6-7,10-13H2,1-3H3. The van der Waals surface area contributed by atoms with Crippen LogP contribution in [-0.2, 0) is 14.3 Å². The second-order valence-corrected chi connectivity index (χ2v) is 7.54. The zero-order chi connectivity index (χ0) is 16.5. The number of carbonyl (C=O) groups excluding carboxylic acids is 1. The Labute approximate surface area is 138 Å². The highest BCUT2D eigenvalue weighted by Crippen LogP contribution is 2.46. The fourth-order valence-corrected chi connectivity index (χ4v) is 3.21. The number of benzene rings is 1. The summed E-state index contributed by atoms with van der Waals surface area (Å²) in [5, 5.41) is 0. The maximum absolute atomic E-state index is 11.9. The molecular formula is C19H26O4. The lowest BCUT2D eigenvalue weighted by Crippen LogP contribution is -2.41. The van der Waals surface area contributed by atoms with Crippen molar-refractivity contribution in [2.75, 3.05) is 6.61 Å². The highest BCUT2D eigenvalue weighted by atomic mass is 16.7. The molecule has 126 valence electrons. The number of esters is 1. The molecule has 1 saturated carbocycles. The molecular weight excluding hydrogens is 292 g/mol. The SMILES string of the molecule is CC(C)(C)C(=O)OCCC1OC2(CCCC2)Oc2ccccc21. The number of carbonyl (C=O) groups is 1. The van der Waals surface area contributed by atoms with Crippen LogP contribution in [0.1, 0.15) is 64.5 Å². The molecule has 4 heteroatoms. The minimum Gasteiger partial charge on any atom is -0.465 e. The summed E-state index contributed by atoms with van der Waals surface area (Å²) in [5.41, 5.74) is 0.582. The summed E-state index contributed by atoms with van der Waals surface area (Å²) in [7, 11) is 0. The summed E-state index contributed by atoms with van der Waals surface area (Å²) >= 11 is 0. The van der Waals surface area contributed by atoms with Crippen LogP contribution in [0.5, 0.6) is 5.75 Å². The minimum absolute atomic E-state index is 0.0779. The van der Waals surface area contributed by atoms with Crippen molar-refractivity contribution in [3.8, 4) is 5.75 Å². The number of para-hydroxylation sites is 1. The first-order chi connectivity index (χ1) is 10.9. The number of ether oxygens (including phenoxy) is 3. The van der Waals surface area contributed by atoms with Gasteiger partial charge in [0.15, 0.2) is 0 Å². The molecule has 1 aliphatic carbocycles. The van der Waals surface area contributed by atoms with Crippen molar-refractivity contribution in [3.05, 3.63) is 29.8 Å². The molecule has 3 rings (SSSR count). The van der Waals surface area contributed by atoms with Crippen molar-refractivity contribution >= 4 is 5.97 Å². The van der Waals surface area contributed by atoms with Gasteiger partial charge in [-0.05, 0) is 39.7 Å². The molecule has 1 unspecified atom stereocenters. The van der Waals surface area contributed by atoms with Crippen molar-refractivity contribution < 1.29 is 19.0 Å². The second-order valence-electron chi connectivity index (χ2n) is 7.54. The third kappa shape index (κ3) is 3.52. The molecule has 0 bridgehead atoms. The molecule has 1 aromatic carbocycles. The number of hydrogen-bond acceptors (Lipinski definition) is 4. The summed E-state index contributed by atoms with van der Waals surface area (Å²) in [6.45, 7) is 5.96. The lowest BCUT2D eigenvalue weighted by atomic mass is 9.97. The van der Waals surface area contributed by atoms with Gasteiger partial charge in [-0.15, -0.1) is 0 Å². The number of fused-ring (bicyclic) bond motifs is 1. The van der Waals surface area contributed by atoms with Gasteiger partial charge in [-0.3, -0.25) is 4.79 Å². The third-order valence-corrected chi connectivity index (χ3v) is 4.51. The Kier molecular flexibility index (Phi) is 4.37. The molecule has 0 aromatic heterocycles. The van der Waals surface area contributed by atoms with Gasteiger partial charge in [-0.25, -0.2) is 0 Å². The quantitative estimate of drug-likeness (QED) is 0.776. The second kappa shape index (κ2) is 6.16. The van der Waals surface area contributed by atoms with E-state index in [4.69, 9.17) is 14.2 Å². The summed E-state index contributed by atoms with van der Waals surface area (Å²) in [6, 6.07) is 8.02. The Balaban J connectivity index is 1.69. The molecule has 0 N–H and O–H groups in total. The van der Waals surface area contributed by atoms with Crippen LogP contribution in [0.3, 0.4) is 0 Å². The van der Waals surface area contributed by atoms with Gasteiger partial charge in [0.05, 0.1) is 18.1 Å². The Morgan fingerprint density at radius 2 is 1.96 bits per heavy atom. The minimum atomic E-state index is -0.479. The number of rotatable bonds is 3. The fourth-order valence-electron chi connectivity index (χ4n) is 3.21. The van der Waals surface area contributed by atoms with E-state index in [1.807, 2.05) is 45.0 Å². The molecule has 4 nitrogen and oxygen atoms in total. The van der Waals surface area contributed by atoms with E-state index < -0.39 is 11.2 Å². The molecule has 1 heterocycles. The van der Waals surface area contributed by atoms with E-state index in [1.165, 1.54) is 0 Å². The highest BCUT2D eigenvalue weighted by Gasteiger charge is 2.44. The van der Waals surface area contributed by atoms with Gasteiger partial charge in [0, 0.05) is 24.8 Å². The molecule has 1 atom stereocenters. The van der Waals surface area contributed by atoms with Gasteiger partial charge < -0.3 is 14.2 Å². The molecule has 0 amide bonds. The maximum Gasteiger partial charge on any atom is 0.311 e. The lowest BCUT2D eigenvalue weighted by molar-refractivity contribution is -0.228. The molecule has 23 heavy (non-hydrogen) atoms.